The lowest BCUT2D eigenvalue weighted by atomic mass is 9.72. The number of aromatic nitrogens is 1. The number of pyridine rings is 1. The second-order valence-corrected chi connectivity index (χ2v) is 9.66. The van der Waals surface area contributed by atoms with E-state index in [0.717, 1.165) is 18.3 Å². The molecule has 1 aromatic carbocycles. The van der Waals surface area contributed by atoms with Gasteiger partial charge in [0.15, 0.2) is 9.84 Å². The van der Waals surface area contributed by atoms with Crippen LogP contribution in [0.25, 0.3) is 0 Å². The zero-order valence-electron chi connectivity index (χ0n) is 14.3. The van der Waals surface area contributed by atoms with Gasteiger partial charge < -0.3 is 10.3 Å². The minimum absolute atomic E-state index is 0.0140. The van der Waals surface area contributed by atoms with Crippen molar-refractivity contribution in [3.8, 4) is 0 Å². The van der Waals surface area contributed by atoms with E-state index in [1.54, 1.807) is 0 Å². The molecule has 1 aliphatic heterocycles. The van der Waals surface area contributed by atoms with Gasteiger partial charge in [0.2, 0.25) is 0 Å². The molecule has 27 heavy (non-hydrogen) atoms. The summed E-state index contributed by atoms with van der Waals surface area (Å²) in [6.07, 6.45) is -3.93. The Morgan fingerprint density at radius 2 is 1.85 bits per heavy atom. The summed E-state index contributed by atoms with van der Waals surface area (Å²) >= 11 is 5.93. The molecule has 0 spiro atoms. The second kappa shape index (κ2) is 6.27. The number of alkyl halides is 3. The molecule has 0 bridgehead atoms. The van der Waals surface area contributed by atoms with Gasteiger partial charge in [-0.1, -0.05) is 11.6 Å². The molecule has 0 fully saturated rings. The van der Waals surface area contributed by atoms with E-state index >= 15 is 0 Å². The summed E-state index contributed by atoms with van der Waals surface area (Å²) in [5, 5.41) is 1.68. The molecule has 0 amide bonds. The number of rotatable bonds is 3. The predicted octanol–water partition coefficient (Wildman–Crippen LogP) is 3.76. The lowest BCUT2D eigenvalue weighted by molar-refractivity contribution is -0.172. The first-order chi connectivity index (χ1) is 12.4. The third-order valence-corrected chi connectivity index (χ3v) is 7.25. The van der Waals surface area contributed by atoms with Gasteiger partial charge in [0.25, 0.3) is 5.56 Å². The van der Waals surface area contributed by atoms with Crippen LogP contribution in [-0.4, -0.2) is 30.6 Å². The molecule has 5 nitrogen and oxygen atoms in total. The lowest BCUT2D eigenvalue weighted by Crippen LogP contribution is -2.52. The van der Waals surface area contributed by atoms with E-state index in [9.17, 15) is 26.4 Å². The Balaban J connectivity index is 2.47. The summed E-state index contributed by atoms with van der Waals surface area (Å²) in [7, 11) is -4.15. The number of halogens is 4. The molecule has 1 aliphatic rings. The van der Waals surface area contributed by atoms with Crippen molar-refractivity contribution in [3.63, 3.8) is 0 Å². The minimum Gasteiger partial charge on any atom is -0.351 e. The van der Waals surface area contributed by atoms with Crippen molar-refractivity contribution in [2.24, 2.45) is 0 Å². The van der Waals surface area contributed by atoms with E-state index in [4.69, 9.17) is 11.6 Å². The highest BCUT2D eigenvalue weighted by Gasteiger charge is 2.62. The highest BCUT2D eigenvalue weighted by atomic mass is 35.5. The molecule has 2 heterocycles. The van der Waals surface area contributed by atoms with E-state index in [-0.39, 0.29) is 22.0 Å². The van der Waals surface area contributed by atoms with Crippen LogP contribution in [0.2, 0.25) is 5.02 Å². The van der Waals surface area contributed by atoms with Crippen LogP contribution in [0, 0.1) is 0 Å². The van der Waals surface area contributed by atoms with Gasteiger partial charge in [-0.3, -0.25) is 4.79 Å². The van der Waals surface area contributed by atoms with Crippen molar-refractivity contribution in [2.75, 3.05) is 11.1 Å². The Morgan fingerprint density at radius 3 is 2.44 bits per heavy atom. The largest absolute Gasteiger partial charge is 0.403 e. The van der Waals surface area contributed by atoms with Crippen molar-refractivity contribution in [2.45, 2.75) is 30.7 Å². The van der Waals surface area contributed by atoms with E-state index in [0.29, 0.717) is 0 Å². The summed E-state index contributed by atoms with van der Waals surface area (Å²) < 4.78 is 68.9. The van der Waals surface area contributed by atoms with Crippen LogP contribution in [0.1, 0.15) is 25.0 Å². The Morgan fingerprint density at radius 1 is 1.19 bits per heavy atom. The molecule has 2 aromatic rings. The number of hydrogen-bond donors (Lipinski definition) is 2. The number of aromatic amines is 1. The first kappa shape index (κ1) is 19.8. The first-order valence-corrected chi connectivity index (χ1v) is 10.1. The molecule has 10 heteroatoms. The Kier molecular flexibility index (Phi) is 4.59. The average molecular weight is 421 g/mol. The van der Waals surface area contributed by atoms with E-state index < -0.39 is 43.6 Å². The Hall–Kier alpha value is -2.00. The van der Waals surface area contributed by atoms with Crippen molar-refractivity contribution in [1.82, 2.24) is 4.98 Å². The molecule has 0 saturated heterocycles. The predicted molar refractivity (Wildman–Crippen MR) is 97.6 cm³/mol. The maximum Gasteiger partial charge on any atom is 0.403 e. The van der Waals surface area contributed by atoms with Crippen molar-refractivity contribution in [1.29, 1.82) is 0 Å². The third kappa shape index (κ3) is 3.02. The summed E-state index contributed by atoms with van der Waals surface area (Å²) in [5.41, 5.74) is -4.82. The molecular formula is C17H16ClF3N2O3S. The third-order valence-electron chi connectivity index (χ3n) is 4.74. The summed E-state index contributed by atoms with van der Waals surface area (Å²) in [4.78, 5) is 14.5. The van der Waals surface area contributed by atoms with Gasteiger partial charge in [0.1, 0.15) is 11.1 Å². The highest BCUT2D eigenvalue weighted by molar-refractivity contribution is 7.92. The molecule has 0 aliphatic carbocycles. The summed E-state index contributed by atoms with van der Waals surface area (Å²) in [6, 6.07) is 4.84. The summed E-state index contributed by atoms with van der Waals surface area (Å²) in [5.74, 6) is -1.23. The highest BCUT2D eigenvalue weighted by Crippen LogP contribution is 2.54. The number of hydrogen-bond acceptors (Lipinski definition) is 4. The number of benzene rings is 1. The quantitative estimate of drug-likeness (QED) is 0.792. The van der Waals surface area contributed by atoms with Crippen molar-refractivity contribution >= 4 is 32.8 Å². The maximum absolute atomic E-state index is 14.6. The van der Waals surface area contributed by atoms with Crippen LogP contribution in [0.15, 0.2) is 35.3 Å². The van der Waals surface area contributed by atoms with Crippen molar-refractivity contribution < 1.29 is 21.6 Å². The molecule has 146 valence electrons. The van der Waals surface area contributed by atoms with E-state index in [1.807, 2.05) is 0 Å². The number of sulfone groups is 1. The van der Waals surface area contributed by atoms with Crippen LogP contribution in [0.5, 0.6) is 0 Å². The lowest BCUT2D eigenvalue weighted by Gasteiger charge is -2.42. The molecule has 1 aromatic heterocycles. The smallest absolute Gasteiger partial charge is 0.351 e. The Labute approximate surface area is 158 Å². The van der Waals surface area contributed by atoms with Gasteiger partial charge in [-0.15, -0.1) is 0 Å². The Bertz CT molecular complexity index is 1060. The fourth-order valence-electron chi connectivity index (χ4n) is 3.23. The first-order valence-electron chi connectivity index (χ1n) is 7.97. The van der Waals surface area contributed by atoms with Crippen LogP contribution >= 0.6 is 11.6 Å². The number of H-pyrrole nitrogens is 1. The molecule has 0 radical (unpaired) electrons. The zero-order chi connectivity index (χ0) is 20.2. The monoisotopic (exact) mass is 420 g/mol. The number of anilines is 2. The van der Waals surface area contributed by atoms with Crippen LogP contribution in [0.4, 0.5) is 24.5 Å². The van der Waals surface area contributed by atoms with Crippen LogP contribution in [0.3, 0.4) is 0 Å². The number of fused-ring (bicyclic) bond motifs is 2. The molecule has 2 N–H and O–H groups in total. The van der Waals surface area contributed by atoms with Gasteiger partial charge in [-0.25, -0.2) is 8.42 Å². The second-order valence-electron chi connectivity index (χ2n) is 6.67. The maximum atomic E-state index is 14.6. The van der Waals surface area contributed by atoms with Gasteiger partial charge in [0.05, 0.1) is 11.0 Å². The van der Waals surface area contributed by atoms with Gasteiger partial charge in [-0.05, 0) is 43.7 Å². The standard InChI is InChI=1S/C17H16ClF3N2O3S/c1-9(2)27(25,26)8-16(17(19,20)21)11-5-6-22-15(24)14(11)23-13-4-3-10(18)7-12(13)16/h3-7,9,23H,8H2,1-2H3,(H,22,24). The fraction of sp³-hybridized carbons (Fsp3) is 0.353. The van der Waals surface area contributed by atoms with Crippen LogP contribution < -0.4 is 10.9 Å². The molecule has 3 rings (SSSR count). The molecule has 1 atom stereocenters. The van der Waals surface area contributed by atoms with E-state index in [1.165, 1.54) is 26.0 Å². The topological polar surface area (TPSA) is 79.0 Å². The fourth-order valence-corrected chi connectivity index (χ4v) is 4.81. The van der Waals surface area contributed by atoms with Gasteiger partial charge in [0, 0.05) is 22.5 Å². The van der Waals surface area contributed by atoms with Crippen molar-refractivity contribution in [3.05, 3.63) is 57.0 Å². The summed E-state index contributed by atoms with van der Waals surface area (Å²) in [6.45, 7) is 2.64. The van der Waals surface area contributed by atoms with Crippen LogP contribution in [-0.2, 0) is 15.3 Å². The average Bonchev–Trinajstić information content (AvgIpc) is 2.54. The molecular weight excluding hydrogens is 405 g/mol. The normalized spacial score (nSPS) is 19.4. The SMILES string of the molecule is CC(C)S(=O)(=O)CC1(C(F)(F)F)c2cc(Cl)ccc2Nc2c1cc[nH]c2=O. The molecule has 0 saturated carbocycles. The zero-order valence-corrected chi connectivity index (χ0v) is 15.9. The van der Waals surface area contributed by atoms with Gasteiger partial charge in [-0.2, -0.15) is 13.2 Å². The minimum atomic E-state index is -5.00. The van der Waals surface area contributed by atoms with E-state index in [2.05, 4.69) is 10.3 Å². The number of nitrogens with one attached hydrogen (secondary N) is 2. The molecule has 1 unspecified atom stereocenters. The van der Waals surface area contributed by atoms with Gasteiger partial charge >= 0.3 is 6.18 Å².